The predicted molar refractivity (Wildman–Crippen MR) is 238 cm³/mol. The zero-order valence-corrected chi connectivity index (χ0v) is 36.9. The summed E-state index contributed by atoms with van der Waals surface area (Å²) in [7, 11) is 0. The minimum Gasteiger partial charge on any atom is -0.444 e. The Balaban J connectivity index is 1.09. The molecule has 0 bridgehead atoms. The lowest BCUT2D eigenvalue weighted by molar-refractivity contribution is -0.129. The average Bonchev–Trinajstić information content (AvgIpc) is 3.78. The third kappa shape index (κ3) is 13.3. The number of nitrogens with one attached hydrogen (secondary N) is 3. The molecule has 2 heterocycles. The quantitative estimate of drug-likeness (QED) is 0.154. The monoisotopic (exact) mass is 847 g/mol. The first-order chi connectivity index (χ1) is 29.5. The fourth-order valence-electron chi connectivity index (χ4n) is 8.06. The van der Waals surface area contributed by atoms with Gasteiger partial charge in [0.25, 0.3) is 5.91 Å². The maximum absolute atomic E-state index is 14.0. The number of azo groups is 1. The lowest BCUT2D eigenvalue weighted by Crippen LogP contribution is -2.47. The van der Waals surface area contributed by atoms with Crippen molar-refractivity contribution in [2.75, 3.05) is 31.6 Å². The van der Waals surface area contributed by atoms with Crippen LogP contribution in [0.2, 0.25) is 0 Å². The Morgan fingerprint density at radius 3 is 2.05 bits per heavy atom. The number of piperidine rings is 1. The Hall–Kier alpha value is -5.92. The lowest BCUT2D eigenvalue weighted by atomic mass is 9.77. The van der Waals surface area contributed by atoms with E-state index in [-0.39, 0.29) is 48.0 Å². The maximum atomic E-state index is 14.0. The molecule has 3 aromatic carbocycles. The van der Waals surface area contributed by atoms with Gasteiger partial charge in [-0.25, -0.2) is 14.6 Å². The van der Waals surface area contributed by atoms with Crippen molar-refractivity contribution < 1.29 is 33.4 Å². The molecule has 3 aliphatic rings. The van der Waals surface area contributed by atoms with E-state index in [0.29, 0.717) is 75.5 Å². The highest BCUT2D eigenvalue weighted by Gasteiger charge is 2.32. The smallest absolute Gasteiger partial charge is 0.410 e. The van der Waals surface area contributed by atoms with Crippen molar-refractivity contribution in [3.05, 3.63) is 89.5 Å². The van der Waals surface area contributed by atoms with Gasteiger partial charge in [0.15, 0.2) is 12.5 Å². The molecule has 1 aliphatic carbocycles. The minimum absolute atomic E-state index is 0.0655. The van der Waals surface area contributed by atoms with Crippen LogP contribution in [0.4, 0.5) is 15.3 Å². The van der Waals surface area contributed by atoms with Crippen LogP contribution in [0, 0.1) is 17.8 Å². The Morgan fingerprint density at radius 2 is 1.42 bits per heavy atom. The third-order valence-corrected chi connectivity index (χ3v) is 11.3. The molecule has 3 aromatic rings. The largest absolute Gasteiger partial charge is 0.444 e. The molecule has 330 valence electrons. The van der Waals surface area contributed by atoms with E-state index in [2.05, 4.69) is 31.2 Å². The fourth-order valence-corrected chi connectivity index (χ4v) is 8.06. The topological polar surface area (TPSA) is 180 Å². The number of aliphatic imine (C=N–C) groups is 1. The molecular weight excluding hydrogens is 787 g/mol. The first-order valence-corrected chi connectivity index (χ1v) is 21.8. The van der Waals surface area contributed by atoms with Crippen molar-refractivity contribution >= 4 is 41.3 Å². The summed E-state index contributed by atoms with van der Waals surface area (Å²) in [6, 6.07) is 22.5. The summed E-state index contributed by atoms with van der Waals surface area (Å²) in [5.41, 5.74) is 3.31. The number of amides is 4. The van der Waals surface area contributed by atoms with Gasteiger partial charge in [0.2, 0.25) is 5.91 Å². The van der Waals surface area contributed by atoms with E-state index >= 15 is 0 Å². The number of ether oxygens (including phenoxy) is 2. The van der Waals surface area contributed by atoms with Gasteiger partial charge in [-0.2, -0.15) is 5.11 Å². The van der Waals surface area contributed by atoms with Crippen LogP contribution in [0.3, 0.4) is 0 Å². The average molecular weight is 848 g/mol. The number of Topliss-reactive ketones (excluding diaryl/α,β-unsaturated/α-hetero) is 1. The second kappa shape index (κ2) is 20.3. The molecule has 0 radical (unpaired) electrons. The molecule has 0 unspecified atom stereocenters. The van der Waals surface area contributed by atoms with Gasteiger partial charge in [-0.15, -0.1) is 5.11 Å². The molecule has 14 heteroatoms. The van der Waals surface area contributed by atoms with Gasteiger partial charge in [-0.1, -0.05) is 42.5 Å². The van der Waals surface area contributed by atoms with E-state index in [1.807, 2.05) is 102 Å². The van der Waals surface area contributed by atoms with Gasteiger partial charge >= 0.3 is 12.2 Å². The normalized spacial score (nSPS) is 18.6. The molecule has 0 aromatic heterocycles. The Morgan fingerprint density at radius 1 is 0.774 bits per heavy atom. The summed E-state index contributed by atoms with van der Waals surface area (Å²) >= 11 is 0. The van der Waals surface area contributed by atoms with Crippen molar-refractivity contribution in [1.82, 2.24) is 15.5 Å². The first-order valence-electron chi connectivity index (χ1n) is 21.8. The van der Waals surface area contributed by atoms with Gasteiger partial charge in [0.1, 0.15) is 17.0 Å². The van der Waals surface area contributed by atoms with Crippen molar-refractivity contribution in [2.45, 2.75) is 110 Å². The third-order valence-electron chi connectivity index (χ3n) is 11.3. The number of hydrogen-bond acceptors (Lipinski definition) is 10. The molecule has 2 aliphatic heterocycles. The van der Waals surface area contributed by atoms with Gasteiger partial charge in [-0.05, 0) is 139 Å². The number of benzene rings is 3. The number of anilines is 1. The molecule has 1 atom stereocenters. The zero-order valence-electron chi connectivity index (χ0n) is 36.9. The van der Waals surface area contributed by atoms with Crippen LogP contribution in [0.15, 0.2) is 88.0 Å². The molecule has 1 saturated heterocycles. The SMILES string of the molecule is CC(C)(C)OC(=O)NCC1CCC(C(=O)C[C@@H](Cc2ccc(-c3ccccc3C(=O)NC3CCN(C(=O)OC(C)(C)C)CC3)cc2)C(=O)Nc2ccc(C3=NCN=N3)cc2)CC1. The summed E-state index contributed by atoms with van der Waals surface area (Å²) in [6.45, 7) is 12.8. The number of nitrogens with zero attached hydrogens (tertiary/aromatic N) is 4. The van der Waals surface area contributed by atoms with Gasteiger partial charge in [-0.3, -0.25) is 14.4 Å². The van der Waals surface area contributed by atoms with E-state index < -0.39 is 23.2 Å². The fraction of sp³-hybridized carbons (Fsp3) is 0.500. The summed E-state index contributed by atoms with van der Waals surface area (Å²) in [5, 5.41) is 17.0. The van der Waals surface area contributed by atoms with Crippen molar-refractivity contribution in [3.63, 3.8) is 0 Å². The van der Waals surface area contributed by atoms with Gasteiger partial charge in [0.05, 0.1) is 0 Å². The summed E-state index contributed by atoms with van der Waals surface area (Å²) in [6.07, 6.45) is 3.90. The molecule has 62 heavy (non-hydrogen) atoms. The van der Waals surface area contributed by atoms with Crippen LogP contribution in [0.25, 0.3) is 11.1 Å². The van der Waals surface area contributed by atoms with Crippen LogP contribution in [-0.4, -0.2) is 84.1 Å². The number of hydrogen-bond donors (Lipinski definition) is 3. The summed E-state index contributed by atoms with van der Waals surface area (Å²) < 4.78 is 10.9. The highest BCUT2D eigenvalue weighted by molar-refractivity contribution is 6.02. The summed E-state index contributed by atoms with van der Waals surface area (Å²) in [5.74, 6) is -0.357. The lowest BCUT2D eigenvalue weighted by Gasteiger charge is -2.33. The number of ketones is 1. The maximum Gasteiger partial charge on any atom is 0.410 e. The number of amidine groups is 1. The standard InChI is InChI=1S/C48H61N7O7/c1-47(2,3)61-45(59)49-29-32-13-17-34(18-14-32)41(56)28-36(43(57)52-37-21-19-35(20-22-37)42-50-30-51-54-42)27-31-11-15-33(16-12-31)39-9-7-8-10-40(39)44(58)53-38-23-25-55(26-24-38)46(60)62-48(4,5)6/h7-12,15-16,19-22,32,34,36,38H,13-14,17-18,23-30H2,1-6H3,(H,49,59)(H,52,57)(H,53,58)/t32?,34?,36-/m1/s1. The van der Waals surface area contributed by atoms with Crippen LogP contribution in [-0.2, 0) is 25.5 Å². The van der Waals surface area contributed by atoms with Crippen LogP contribution >= 0.6 is 0 Å². The van der Waals surface area contributed by atoms with Crippen molar-refractivity contribution in [1.29, 1.82) is 0 Å². The van der Waals surface area contributed by atoms with Gasteiger partial charge in [0, 0.05) is 60.7 Å². The predicted octanol–water partition coefficient (Wildman–Crippen LogP) is 8.74. The Bertz CT molecular complexity index is 2120. The van der Waals surface area contributed by atoms with Crippen LogP contribution < -0.4 is 16.0 Å². The second-order valence-corrected chi connectivity index (χ2v) is 18.6. The zero-order chi connectivity index (χ0) is 44.4. The number of carbonyl (C=O) groups excluding carboxylic acids is 5. The molecule has 2 fully saturated rings. The van der Waals surface area contributed by atoms with Gasteiger partial charge < -0.3 is 30.3 Å². The molecule has 0 spiro atoms. The van der Waals surface area contributed by atoms with E-state index in [1.54, 1.807) is 17.0 Å². The van der Waals surface area contributed by atoms with Crippen LogP contribution in [0.1, 0.15) is 108 Å². The number of carbonyl (C=O) groups is 5. The Kier molecular flexibility index (Phi) is 14.9. The molecule has 1 saturated carbocycles. The molecular formula is C48H61N7O7. The Labute approximate surface area is 364 Å². The molecule has 4 amide bonds. The first kappa shape index (κ1) is 45.6. The minimum atomic E-state index is -0.632. The van der Waals surface area contributed by atoms with E-state index in [1.165, 1.54) is 0 Å². The highest BCUT2D eigenvalue weighted by atomic mass is 16.6. The summed E-state index contributed by atoms with van der Waals surface area (Å²) in [4.78, 5) is 72.3. The highest BCUT2D eigenvalue weighted by Crippen LogP contribution is 2.32. The number of likely N-dealkylation sites (tertiary alicyclic amines) is 1. The number of rotatable bonds is 13. The van der Waals surface area contributed by atoms with Crippen LogP contribution in [0.5, 0.6) is 0 Å². The van der Waals surface area contributed by atoms with Crippen molar-refractivity contribution in [2.24, 2.45) is 33.0 Å². The number of alkyl carbamates (subject to hydrolysis) is 1. The molecule has 14 nitrogen and oxygen atoms in total. The van der Waals surface area contributed by atoms with E-state index in [9.17, 15) is 24.0 Å². The van der Waals surface area contributed by atoms with E-state index in [0.717, 1.165) is 35.1 Å². The molecule has 3 N–H and O–H groups in total. The molecule has 6 rings (SSSR count). The van der Waals surface area contributed by atoms with Crippen molar-refractivity contribution in [3.8, 4) is 11.1 Å². The second-order valence-electron chi connectivity index (χ2n) is 18.6. The van der Waals surface area contributed by atoms with E-state index in [4.69, 9.17) is 9.47 Å².